The standard InChI is InChI=1S/C19H24N2O4/c1-13-6-8-25-18(13)19(22)21-7-4-5-14(12-21)20-15-9-16(23-2)11-17(10-15)24-3/h6,8-11,14,20H,4-5,7,12H2,1-3H3/t14-/m0/s1. The van der Waals surface area contributed by atoms with E-state index < -0.39 is 0 Å². The lowest BCUT2D eigenvalue weighted by Crippen LogP contribution is -2.45. The molecule has 1 aromatic carbocycles. The number of piperidine rings is 1. The molecule has 0 unspecified atom stereocenters. The van der Waals surface area contributed by atoms with Gasteiger partial charge in [-0.25, -0.2) is 0 Å². The Balaban J connectivity index is 1.70. The van der Waals surface area contributed by atoms with E-state index in [1.165, 1.54) is 0 Å². The predicted octanol–water partition coefficient (Wildman–Crippen LogP) is 3.32. The maximum absolute atomic E-state index is 12.6. The van der Waals surface area contributed by atoms with Crippen molar-refractivity contribution in [3.05, 3.63) is 41.9 Å². The van der Waals surface area contributed by atoms with Crippen LogP contribution in [0.2, 0.25) is 0 Å². The third-order valence-electron chi connectivity index (χ3n) is 4.49. The lowest BCUT2D eigenvalue weighted by molar-refractivity contribution is 0.0681. The molecule has 1 atom stereocenters. The Hall–Kier alpha value is -2.63. The van der Waals surface area contributed by atoms with Crippen LogP contribution in [0.25, 0.3) is 0 Å². The van der Waals surface area contributed by atoms with E-state index in [0.717, 1.165) is 42.1 Å². The number of likely N-dealkylation sites (tertiary alicyclic amines) is 1. The summed E-state index contributed by atoms with van der Waals surface area (Å²) < 4.78 is 16.0. The molecule has 0 spiro atoms. The van der Waals surface area contributed by atoms with E-state index >= 15 is 0 Å². The maximum Gasteiger partial charge on any atom is 0.289 e. The SMILES string of the molecule is COc1cc(N[C@H]2CCCN(C(=O)c3occc3C)C2)cc(OC)c1. The highest BCUT2D eigenvalue weighted by Gasteiger charge is 2.27. The minimum atomic E-state index is -0.0442. The van der Waals surface area contributed by atoms with Gasteiger partial charge in [0.2, 0.25) is 0 Å². The van der Waals surface area contributed by atoms with Crippen LogP contribution >= 0.6 is 0 Å². The molecular weight excluding hydrogens is 320 g/mol. The largest absolute Gasteiger partial charge is 0.497 e. The molecule has 134 valence electrons. The molecule has 0 aliphatic carbocycles. The van der Waals surface area contributed by atoms with Crippen LogP contribution in [0, 0.1) is 6.92 Å². The van der Waals surface area contributed by atoms with Crippen molar-refractivity contribution < 1.29 is 18.7 Å². The molecule has 1 amide bonds. The fraction of sp³-hybridized carbons (Fsp3) is 0.421. The van der Waals surface area contributed by atoms with Crippen molar-refractivity contribution in [2.45, 2.75) is 25.8 Å². The zero-order valence-corrected chi connectivity index (χ0v) is 14.9. The first-order chi connectivity index (χ1) is 12.1. The molecule has 1 saturated heterocycles. The van der Waals surface area contributed by atoms with E-state index in [4.69, 9.17) is 13.9 Å². The van der Waals surface area contributed by atoms with E-state index in [-0.39, 0.29) is 11.9 Å². The summed E-state index contributed by atoms with van der Waals surface area (Å²) in [7, 11) is 3.26. The molecule has 2 heterocycles. The highest BCUT2D eigenvalue weighted by Crippen LogP contribution is 2.27. The topological polar surface area (TPSA) is 63.9 Å². The number of benzene rings is 1. The minimum absolute atomic E-state index is 0.0442. The molecule has 2 aromatic rings. The number of hydrogen-bond donors (Lipinski definition) is 1. The van der Waals surface area contributed by atoms with E-state index in [0.29, 0.717) is 12.3 Å². The summed E-state index contributed by atoms with van der Waals surface area (Å²) in [5, 5.41) is 3.49. The van der Waals surface area contributed by atoms with Gasteiger partial charge in [-0.1, -0.05) is 0 Å². The smallest absolute Gasteiger partial charge is 0.289 e. The quantitative estimate of drug-likeness (QED) is 0.901. The molecule has 0 radical (unpaired) electrons. The summed E-state index contributed by atoms with van der Waals surface area (Å²) in [5.41, 5.74) is 1.79. The van der Waals surface area contributed by atoms with Gasteiger partial charge in [0.25, 0.3) is 5.91 Å². The van der Waals surface area contributed by atoms with Gasteiger partial charge >= 0.3 is 0 Å². The van der Waals surface area contributed by atoms with Crippen LogP contribution in [0.1, 0.15) is 29.0 Å². The van der Waals surface area contributed by atoms with Gasteiger partial charge in [0.15, 0.2) is 5.76 Å². The Kier molecular flexibility index (Phi) is 5.16. The molecule has 1 N–H and O–H groups in total. The van der Waals surface area contributed by atoms with Crippen molar-refractivity contribution in [1.29, 1.82) is 0 Å². The third kappa shape index (κ3) is 3.90. The fourth-order valence-corrected chi connectivity index (χ4v) is 3.14. The first-order valence-corrected chi connectivity index (χ1v) is 8.43. The van der Waals surface area contributed by atoms with Crippen LogP contribution in [-0.2, 0) is 0 Å². The summed E-state index contributed by atoms with van der Waals surface area (Å²) in [4.78, 5) is 14.5. The zero-order chi connectivity index (χ0) is 17.8. The van der Waals surface area contributed by atoms with E-state index in [1.807, 2.05) is 36.1 Å². The van der Waals surface area contributed by atoms with Gasteiger partial charge in [-0.15, -0.1) is 0 Å². The number of hydrogen-bond acceptors (Lipinski definition) is 5. The second kappa shape index (κ2) is 7.51. The second-order valence-corrected chi connectivity index (χ2v) is 6.27. The molecule has 25 heavy (non-hydrogen) atoms. The van der Waals surface area contributed by atoms with Gasteiger partial charge in [0.1, 0.15) is 11.5 Å². The average molecular weight is 344 g/mol. The number of ether oxygens (including phenoxy) is 2. The predicted molar refractivity (Wildman–Crippen MR) is 95.5 cm³/mol. The van der Waals surface area contributed by atoms with E-state index in [1.54, 1.807) is 20.5 Å². The van der Waals surface area contributed by atoms with Crippen LogP contribution < -0.4 is 14.8 Å². The van der Waals surface area contributed by atoms with Gasteiger partial charge in [0, 0.05) is 48.6 Å². The maximum atomic E-state index is 12.6. The Labute approximate surface area is 147 Å². The molecule has 3 rings (SSSR count). The van der Waals surface area contributed by atoms with E-state index in [2.05, 4.69) is 5.32 Å². The number of rotatable bonds is 5. The highest BCUT2D eigenvalue weighted by molar-refractivity contribution is 5.93. The van der Waals surface area contributed by atoms with Gasteiger partial charge < -0.3 is 24.1 Å². The first-order valence-electron chi connectivity index (χ1n) is 8.43. The Morgan fingerprint density at radius 1 is 1.24 bits per heavy atom. The number of anilines is 1. The minimum Gasteiger partial charge on any atom is -0.497 e. The molecule has 0 saturated carbocycles. The number of nitrogens with one attached hydrogen (secondary N) is 1. The Morgan fingerprint density at radius 2 is 1.96 bits per heavy atom. The Morgan fingerprint density at radius 3 is 2.56 bits per heavy atom. The monoisotopic (exact) mass is 344 g/mol. The number of carbonyl (C=O) groups is 1. The van der Waals surface area contributed by atoms with Crippen molar-refractivity contribution in [2.75, 3.05) is 32.6 Å². The van der Waals surface area contributed by atoms with Gasteiger partial charge in [-0.2, -0.15) is 0 Å². The van der Waals surface area contributed by atoms with Gasteiger partial charge in [-0.3, -0.25) is 4.79 Å². The van der Waals surface area contributed by atoms with Crippen LogP contribution in [0.15, 0.2) is 34.9 Å². The van der Waals surface area contributed by atoms with Gasteiger partial charge in [0.05, 0.1) is 20.5 Å². The summed E-state index contributed by atoms with van der Waals surface area (Å²) >= 11 is 0. The van der Waals surface area contributed by atoms with Gasteiger partial charge in [-0.05, 0) is 25.8 Å². The fourth-order valence-electron chi connectivity index (χ4n) is 3.14. The molecule has 0 bridgehead atoms. The third-order valence-corrected chi connectivity index (χ3v) is 4.49. The summed E-state index contributed by atoms with van der Waals surface area (Å²) in [6.45, 7) is 3.27. The normalized spacial score (nSPS) is 17.2. The van der Waals surface area contributed by atoms with Crippen LogP contribution in [0.4, 0.5) is 5.69 Å². The highest BCUT2D eigenvalue weighted by atomic mass is 16.5. The molecule has 1 aromatic heterocycles. The second-order valence-electron chi connectivity index (χ2n) is 6.27. The summed E-state index contributed by atoms with van der Waals surface area (Å²) in [6.07, 6.45) is 3.51. The molecule has 1 aliphatic rings. The van der Waals surface area contributed by atoms with E-state index in [9.17, 15) is 4.79 Å². The lowest BCUT2D eigenvalue weighted by Gasteiger charge is -2.33. The number of carbonyl (C=O) groups excluding carboxylic acids is 1. The first kappa shape index (κ1) is 17.2. The number of amides is 1. The van der Waals surface area contributed by atoms with Crippen molar-refractivity contribution in [3.63, 3.8) is 0 Å². The number of aryl methyl sites for hydroxylation is 1. The molecule has 6 nitrogen and oxygen atoms in total. The number of methoxy groups -OCH3 is 2. The number of nitrogens with zero attached hydrogens (tertiary/aromatic N) is 1. The average Bonchev–Trinajstić information content (AvgIpc) is 3.06. The van der Waals surface area contributed by atoms with Crippen molar-refractivity contribution in [2.24, 2.45) is 0 Å². The summed E-state index contributed by atoms with van der Waals surface area (Å²) in [6, 6.07) is 7.68. The van der Waals surface area contributed by atoms with Crippen molar-refractivity contribution >= 4 is 11.6 Å². The molecule has 1 fully saturated rings. The molecular formula is C19H24N2O4. The van der Waals surface area contributed by atoms with Crippen LogP contribution in [0.3, 0.4) is 0 Å². The number of furan rings is 1. The van der Waals surface area contributed by atoms with Crippen molar-refractivity contribution in [1.82, 2.24) is 4.90 Å². The Bertz CT molecular complexity index is 719. The lowest BCUT2D eigenvalue weighted by atomic mass is 10.0. The van der Waals surface area contributed by atoms with Crippen LogP contribution in [0.5, 0.6) is 11.5 Å². The zero-order valence-electron chi connectivity index (χ0n) is 14.9. The van der Waals surface area contributed by atoms with Crippen LogP contribution in [-0.4, -0.2) is 44.2 Å². The molecule has 6 heteroatoms. The molecule has 1 aliphatic heterocycles. The van der Waals surface area contributed by atoms with Crippen molar-refractivity contribution in [3.8, 4) is 11.5 Å². The summed E-state index contributed by atoms with van der Waals surface area (Å²) in [5.74, 6) is 1.86.